The highest BCUT2D eigenvalue weighted by molar-refractivity contribution is 6.18. The Balaban J connectivity index is 2.23. The van der Waals surface area contributed by atoms with Crippen molar-refractivity contribution in [1.29, 1.82) is 0 Å². The number of carbonyl (C=O) groups is 2. The molecule has 1 heterocycles. The van der Waals surface area contributed by atoms with E-state index in [0.717, 1.165) is 32.1 Å². The van der Waals surface area contributed by atoms with Crippen LogP contribution in [0.25, 0.3) is 0 Å². The molecule has 0 bridgehead atoms. The second-order valence-corrected chi connectivity index (χ2v) is 5.73. The van der Waals surface area contributed by atoms with Crippen LogP contribution in [0.15, 0.2) is 4.99 Å². The van der Waals surface area contributed by atoms with Crippen LogP contribution in [-0.2, 0) is 9.59 Å². The third kappa shape index (κ3) is 2.32. The van der Waals surface area contributed by atoms with E-state index in [1.807, 2.05) is 13.8 Å². The highest BCUT2D eigenvalue weighted by atomic mass is 16.2. The molecule has 0 aromatic heterocycles. The van der Waals surface area contributed by atoms with Crippen LogP contribution in [0.4, 0.5) is 0 Å². The summed E-state index contributed by atoms with van der Waals surface area (Å²) in [5.41, 5.74) is 5.66. The molecule has 0 aromatic carbocycles. The standard InChI is InChI=1S/C13H21N3O2/c1-8(2)9-10(17)15-12(16-11(9)18)13(14)6-4-3-5-7-13/h8-9H,3-7,14H2,1-2H3,(H,15,16,17,18). The number of rotatable bonds is 2. The number of amidine groups is 1. The monoisotopic (exact) mass is 251 g/mol. The van der Waals surface area contributed by atoms with Crippen LogP contribution in [0.3, 0.4) is 0 Å². The van der Waals surface area contributed by atoms with E-state index < -0.39 is 11.5 Å². The zero-order chi connectivity index (χ0) is 13.3. The second-order valence-electron chi connectivity index (χ2n) is 5.73. The zero-order valence-electron chi connectivity index (χ0n) is 11.0. The van der Waals surface area contributed by atoms with E-state index in [1.165, 1.54) is 0 Å². The fourth-order valence-electron chi connectivity index (χ4n) is 2.76. The van der Waals surface area contributed by atoms with E-state index in [-0.39, 0.29) is 17.7 Å². The van der Waals surface area contributed by atoms with Crippen molar-refractivity contribution in [3.8, 4) is 0 Å². The maximum Gasteiger partial charge on any atom is 0.260 e. The molecule has 1 saturated carbocycles. The van der Waals surface area contributed by atoms with Crippen LogP contribution < -0.4 is 11.1 Å². The number of hydrogen-bond acceptors (Lipinski definition) is 3. The molecule has 2 aliphatic rings. The van der Waals surface area contributed by atoms with Crippen molar-refractivity contribution in [2.24, 2.45) is 22.6 Å². The molecule has 18 heavy (non-hydrogen) atoms. The summed E-state index contributed by atoms with van der Waals surface area (Å²) in [5, 5.41) is 2.75. The van der Waals surface area contributed by atoms with Gasteiger partial charge in [0.2, 0.25) is 5.91 Å². The quantitative estimate of drug-likeness (QED) is 0.717. The fraction of sp³-hybridized carbons (Fsp3) is 0.769. The van der Waals surface area contributed by atoms with Gasteiger partial charge < -0.3 is 11.1 Å². The summed E-state index contributed by atoms with van der Waals surface area (Å²) in [6.07, 6.45) is 4.76. The first-order chi connectivity index (χ1) is 8.44. The average Bonchev–Trinajstić information content (AvgIpc) is 2.28. The van der Waals surface area contributed by atoms with Gasteiger partial charge >= 0.3 is 0 Å². The smallest absolute Gasteiger partial charge is 0.260 e. The van der Waals surface area contributed by atoms with E-state index in [9.17, 15) is 9.59 Å². The van der Waals surface area contributed by atoms with Gasteiger partial charge in [-0.15, -0.1) is 0 Å². The predicted octanol–water partition coefficient (Wildman–Crippen LogP) is 0.975. The minimum absolute atomic E-state index is 0.0390. The van der Waals surface area contributed by atoms with E-state index in [4.69, 9.17) is 5.73 Å². The lowest BCUT2D eigenvalue weighted by Crippen LogP contribution is -2.60. The molecule has 1 atom stereocenters. The van der Waals surface area contributed by atoms with Gasteiger partial charge in [0, 0.05) is 0 Å². The van der Waals surface area contributed by atoms with Gasteiger partial charge in [-0.3, -0.25) is 9.59 Å². The van der Waals surface area contributed by atoms with Gasteiger partial charge in [0.15, 0.2) is 0 Å². The van der Waals surface area contributed by atoms with E-state index in [0.29, 0.717) is 5.84 Å². The van der Waals surface area contributed by atoms with Gasteiger partial charge in [-0.25, -0.2) is 0 Å². The summed E-state index contributed by atoms with van der Waals surface area (Å²) in [7, 11) is 0. The van der Waals surface area contributed by atoms with Crippen LogP contribution in [0, 0.1) is 11.8 Å². The average molecular weight is 251 g/mol. The summed E-state index contributed by atoms with van der Waals surface area (Å²) in [4.78, 5) is 28.0. The number of nitrogens with one attached hydrogen (secondary N) is 1. The van der Waals surface area contributed by atoms with Crippen molar-refractivity contribution in [3.63, 3.8) is 0 Å². The predicted molar refractivity (Wildman–Crippen MR) is 68.9 cm³/mol. The summed E-state index contributed by atoms with van der Waals surface area (Å²) in [5.74, 6) is -0.924. The minimum Gasteiger partial charge on any atom is -0.319 e. The first-order valence-electron chi connectivity index (χ1n) is 6.67. The van der Waals surface area contributed by atoms with Gasteiger partial charge in [0.05, 0.1) is 5.54 Å². The number of nitrogens with two attached hydrogens (primary N) is 1. The molecule has 1 aliphatic carbocycles. The number of aliphatic imine (C=N–C) groups is 1. The number of nitrogens with zero attached hydrogens (tertiary/aromatic N) is 1. The van der Waals surface area contributed by atoms with Gasteiger partial charge in [-0.05, 0) is 18.8 Å². The molecule has 1 aliphatic heterocycles. The topological polar surface area (TPSA) is 84.6 Å². The molecular weight excluding hydrogens is 230 g/mol. The van der Waals surface area contributed by atoms with Gasteiger partial charge in [-0.1, -0.05) is 33.1 Å². The van der Waals surface area contributed by atoms with E-state index >= 15 is 0 Å². The second kappa shape index (κ2) is 4.80. The van der Waals surface area contributed by atoms with E-state index in [1.54, 1.807) is 0 Å². The normalized spacial score (nSPS) is 28.0. The first-order valence-corrected chi connectivity index (χ1v) is 6.67. The van der Waals surface area contributed by atoms with Crippen LogP contribution in [0.2, 0.25) is 0 Å². The Labute approximate surface area is 107 Å². The molecule has 5 heteroatoms. The lowest BCUT2D eigenvalue weighted by molar-refractivity contribution is -0.135. The summed E-state index contributed by atoms with van der Waals surface area (Å²) in [6.45, 7) is 3.70. The number of amides is 2. The SMILES string of the molecule is CC(C)C1C(=O)N=C(C2(N)CCCCC2)NC1=O. The van der Waals surface area contributed by atoms with Crippen molar-refractivity contribution < 1.29 is 9.59 Å². The van der Waals surface area contributed by atoms with E-state index in [2.05, 4.69) is 10.3 Å². The highest BCUT2D eigenvalue weighted by Crippen LogP contribution is 2.28. The Bertz CT molecular complexity index is 395. The lowest BCUT2D eigenvalue weighted by Gasteiger charge is -2.36. The van der Waals surface area contributed by atoms with Crippen LogP contribution in [-0.4, -0.2) is 23.2 Å². The maximum absolute atomic E-state index is 12.0. The van der Waals surface area contributed by atoms with Gasteiger partial charge in [0.1, 0.15) is 11.8 Å². The van der Waals surface area contributed by atoms with Crippen molar-refractivity contribution in [1.82, 2.24) is 5.32 Å². The number of carbonyl (C=O) groups excluding carboxylic acids is 2. The fourth-order valence-corrected chi connectivity index (χ4v) is 2.76. The Hall–Kier alpha value is -1.23. The third-order valence-electron chi connectivity index (χ3n) is 3.90. The summed E-state index contributed by atoms with van der Waals surface area (Å²) < 4.78 is 0. The van der Waals surface area contributed by atoms with Crippen LogP contribution >= 0.6 is 0 Å². The molecular formula is C13H21N3O2. The number of hydrogen-bond donors (Lipinski definition) is 2. The zero-order valence-corrected chi connectivity index (χ0v) is 11.0. The molecule has 1 fully saturated rings. The third-order valence-corrected chi connectivity index (χ3v) is 3.90. The first kappa shape index (κ1) is 13.2. The van der Waals surface area contributed by atoms with Crippen LogP contribution in [0.1, 0.15) is 46.0 Å². The van der Waals surface area contributed by atoms with Crippen molar-refractivity contribution in [3.05, 3.63) is 0 Å². The summed E-state index contributed by atoms with van der Waals surface area (Å²) in [6, 6.07) is 0. The minimum atomic E-state index is -0.666. The Kier molecular flexibility index (Phi) is 3.52. The van der Waals surface area contributed by atoms with Gasteiger partial charge in [-0.2, -0.15) is 4.99 Å². The molecule has 1 unspecified atom stereocenters. The molecule has 0 radical (unpaired) electrons. The molecule has 0 saturated heterocycles. The van der Waals surface area contributed by atoms with Crippen LogP contribution in [0.5, 0.6) is 0 Å². The van der Waals surface area contributed by atoms with Crippen molar-refractivity contribution in [2.75, 3.05) is 0 Å². The summed E-state index contributed by atoms with van der Waals surface area (Å²) >= 11 is 0. The molecule has 5 nitrogen and oxygen atoms in total. The Morgan fingerprint density at radius 1 is 1.28 bits per heavy atom. The Morgan fingerprint density at radius 2 is 1.89 bits per heavy atom. The highest BCUT2D eigenvalue weighted by Gasteiger charge is 2.41. The molecule has 0 spiro atoms. The van der Waals surface area contributed by atoms with Gasteiger partial charge in [0.25, 0.3) is 5.91 Å². The van der Waals surface area contributed by atoms with Crippen molar-refractivity contribution in [2.45, 2.75) is 51.5 Å². The Morgan fingerprint density at radius 3 is 2.39 bits per heavy atom. The molecule has 2 rings (SSSR count). The molecule has 2 amide bonds. The molecule has 3 N–H and O–H groups in total. The maximum atomic E-state index is 12.0. The lowest BCUT2D eigenvalue weighted by atomic mass is 9.80. The molecule has 100 valence electrons. The largest absolute Gasteiger partial charge is 0.319 e. The van der Waals surface area contributed by atoms with Crippen molar-refractivity contribution >= 4 is 17.6 Å². The molecule has 0 aromatic rings.